The number of nitrogens with zero attached hydrogens (tertiary/aromatic N) is 1. The molecule has 2 aromatic carbocycles. The van der Waals surface area contributed by atoms with Gasteiger partial charge in [-0.2, -0.15) is 5.26 Å². The number of nitrogens with two attached hydrogens (primary N) is 1. The Bertz CT molecular complexity index is 675. The lowest BCUT2D eigenvalue weighted by molar-refractivity contribution is 0.477. The summed E-state index contributed by atoms with van der Waals surface area (Å²) in [6.07, 6.45) is 0. The molecule has 0 saturated heterocycles. The van der Waals surface area contributed by atoms with E-state index in [0.29, 0.717) is 17.1 Å². The lowest BCUT2D eigenvalue weighted by Crippen LogP contribution is -1.95. The molecule has 2 aromatic rings. The Balaban J connectivity index is 2.42. The van der Waals surface area contributed by atoms with E-state index in [1.807, 2.05) is 32.0 Å². The van der Waals surface area contributed by atoms with Crippen molar-refractivity contribution in [3.05, 3.63) is 51.5 Å². The molecule has 0 amide bonds. The molecular weight excluding hydrogens is 304 g/mol. The Morgan fingerprint density at radius 1 is 1.11 bits per heavy atom. The third kappa shape index (κ3) is 2.88. The average Bonchev–Trinajstić information content (AvgIpc) is 2.37. The number of halogens is 1. The van der Waals surface area contributed by atoms with Gasteiger partial charge >= 0.3 is 0 Å². The molecule has 0 radical (unpaired) electrons. The fourth-order valence-electron chi connectivity index (χ4n) is 1.72. The van der Waals surface area contributed by atoms with Crippen LogP contribution in [-0.4, -0.2) is 0 Å². The van der Waals surface area contributed by atoms with Crippen molar-refractivity contribution >= 4 is 21.6 Å². The van der Waals surface area contributed by atoms with Crippen LogP contribution in [0.3, 0.4) is 0 Å². The molecule has 0 aliphatic heterocycles. The number of hydrogen-bond acceptors (Lipinski definition) is 3. The van der Waals surface area contributed by atoms with Crippen molar-refractivity contribution in [2.24, 2.45) is 0 Å². The van der Waals surface area contributed by atoms with Crippen molar-refractivity contribution in [3.63, 3.8) is 0 Å². The van der Waals surface area contributed by atoms with E-state index in [1.54, 1.807) is 12.1 Å². The van der Waals surface area contributed by atoms with Crippen LogP contribution in [0.4, 0.5) is 5.69 Å². The molecule has 0 aliphatic rings. The molecule has 0 bridgehead atoms. The second-order valence-electron chi connectivity index (χ2n) is 4.33. The van der Waals surface area contributed by atoms with Crippen LogP contribution in [0.5, 0.6) is 11.5 Å². The van der Waals surface area contributed by atoms with Crippen LogP contribution in [0.25, 0.3) is 0 Å². The maximum atomic E-state index is 9.12. The lowest BCUT2D eigenvalue weighted by atomic mass is 10.1. The van der Waals surface area contributed by atoms with Crippen LogP contribution in [-0.2, 0) is 0 Å². The van der Waals surface area contributed by atoms with Gasteiger partial charge in [-0.05, 0) is 55.3 Å². The van der Waals surface area contributed by atoms with E-state index in [9.17, 15) is 0 Å². The SMILES string of the molecule is Cc1cc(Oc2ccc(Br)cc2C#N)c(C)cc1N. The summed E-state index contributed by atoms with van der Waals surface area (Å²) >= 11 is 3.33. The monoisotopic (exact) mass is 316 g/mol. The molecule has 96 valence electrons. The Labute approximate surface area is 120 Å². The van der Waals surface area contributed by atoms with E-state index in [-0.39, 0.29) is 0 Å². The van der Waals surface area contributed by atoms with Crippen molar-refractivity contribution in [2.75, 3.05) is 5.73 Å². The van der Waals surface area contributed by atoms with Gasteiger partial charge in [0.15, 0.2) is 0 Å². The van der Waals surface area contributed by atoms with Gasteiger partial charge in [0.1, 0.15) is 17.6 Å². The Hall–Kier alpha value is -1.99. The lowest BCUT2D eigenvalue weighted by Gasteiger charge is -2.12. The first-order valence-electron chi connectivity index (χ1n) is 5.75. The van der Waals surface area contributed by atoms with Gasteiger partial charge in [0, 0.05) is 10.2 Å². The van der Waals surface area contributed by atoms with Gasteiger partial charge in [-0.3, -0.25) is 0 Å². The Kier molecular flexibility index (Phi) is 3.77. The van der Waals surface area contributed by atoms with E-state index >= 15 is 0 Å². The quantitative estimate of drug-likeness (QED) is 0.840. The van der Waals surface area contributed by atoms with Crippen LogP contribution in [0.1, 0.15) is 16.7 Å². The average molecular weight is 317 g/mol. The summed E-state index contributed by atoms with van der Waals surface area (Å²) in [7, 11) is 0. The minimum Gasteiger partial charge on any atom is -0.456 e. The summed E-state index contributed by atoms with van der Waals surface area (Å²) in [5.41, 5.74) is 8.97. The zero-order chi connectivity index (χ0) is 14.0. The molecule has 0 aromatic heterocycles. The topological polar surface area (TPSA) is 59.0 Å². The summed E-state index contributed by atoms with van der Waals surface area (Å²) in [5.74, 6) is 1.25. The maximum absolute atomic E-state index is 9.12. The van der Waals surface area contributed by atoms with Gasteiger partial charge in [-0.1, -0.05) is 15.9 Å². The molecule has 3 nitrogen and oxygen atoms in total. The number of rotatable bonds is 2. The summed E-state index contributed by atoms with van der Waals surface area (Å²) in [6, 6.07) is 11.2. The molecule has 19 heavy (non-hydrogen) atoms. The van der Waals surface area contributed by atoms with E-state index < -0.39 is 0 Å². The van der Waals surface area contributed by atoms with Gasteiger partial charge in [0.25, 0.3) is 0 Å². The first-order valence-corrected chi connectivity index (χ1v) is 6.55. The van der Waals surface area contributed by atoms with Crippen LogP contribution < -0.4 is 10.5 Å². The summed E-state index contributed by atoms with van der Waals surface area (Å²) < 4.78 is 6.67. The molecule has 0 saturated carbocycles. The molecule has 2 rings (SSSR count). The van der Waals surface area contributed by atoms with Gasteiger partial charge < -0.3 is 10.5 Å². The van der Waals surface area contributed by atoms with E-state index in [4.69, 9.17) is 15.7 Å². The Morgan fingerprint density at radius 2 is 1.84 bits per heavy atom. The summed E-state index contributed by atoms with van der Waals surface area (Å²) in [6.45, 7) is 3.85. The van der Waals surface area contributed by atoms with Crippen molar-refractivity contribution in [1.82, 2.24) is 0 Å². The third-order valence-corrected chi connectivity index (χ3v) is 3.34. The first-order chi connectivity index (χ1) is 9.01. The predicted molar refractivity (Wildman–Crippen MR) is 79.3 cm³/mol. The number of aryl methyl sites for hydroxylation is 2. The van der Waals surface area contributed by atoms with E-state index in [0.717, 1.165) is 21.3 Å². The van der Waals surface area contributed by atoms with Gasteiger partial charge in [0.05, 0.1) is 5.56 Å². The normalized spacial score (nSPS) is 10.0. The van der Waals surface area contributed by atoms with E-state index in [1.165, 1.54) is 0 Å². The zero-order valence-corrected chi connectivity index (χ0v) is 12.3. The van der Waals surface area contributed by atoms with E-state index in [2.05, 4.69) is 22.0 Å². The molecule has 0 unspecified atom stereocenters. The first kappa shape index (κ1) is 13.4. The molecule has 0 atom stereocenters. The zero-order valence-electron chi connectivity index (χ0n) is 10.7. The second kappa shape index (κ2) is 5.33. The number of nitriles is 1. The second-order valence-corrected chi connectivity index (χ2v) is 5.24. The molecule has 0 fully saturated rings. The van der Waals surface area contributed by atoms with Crippen molar-refractivity contribution in [3.8, 4) is 17.6 Å². The minimum absolute atomic E-state index is 0.489. The number of ether oxygens (including phenoxy) is 1. The number of hydrogen-bond donors (Lipinski definition) is 1. The standard InChI is InChI=1S/C15H13BrN2O/c1-9-6-15(10(2)5-13(9)18)19-14-4-3-12(16)7-11(14)8-17/h3-7H,18H2,1-2H3. The largest absolute Gasteiger partial charge is 0.456 e. The van der Waals surface area contributed by atoms with Crippen molar-refractivity contribution in [2.45, 2.75) is 13.8 Å². The molecule has 4 heteroatoms. The van der Waals surface area contributed by atoms with Crippen LogP contribution in [0.2, 0.25) is 0 Å². The van der Waals surface area contributed by atoms with Gasteiger partial charge in [0.2, 0.25) is 0 Å². The molecular formula is C15H13BrN2O. The molecule has 0 aliphatic carbocycles. The fourth-order valence-corrected chi connectivity index (χ4v) is 2.08. The number of anilines is 1. The summed E-state index contributed by atoms with van der Waals surface area (Å²) in [4.78, 5) is 0. The Morgan fingerprint density at radius 3 is 2.53 bits per heavy atom. The third-order valence-electron chi connectivity index (χ3n) is 2.85. The van der Waals surface area contributed by atoms with Crippen LogP contribution in [0.15, 0.2) is 34.8 Å². The molecule has 2 N–H and O–H groups in total. The minimum atomic E-state index is 0.489. The fraction of sp³-hybridized carbons (Fsp3) is 0.133. The smallest absolute Gasteiger partial charge is 0.145 e. The molecule has 0 spiro atoms. The maximum Gasteiger partial charge on any atom is 0.145 e. The van der Waals surface area contributed by atoms with Crippen LogP contribution >= 0.6 is 15.9 Å². The highest BCUT2D eigenvalue weighted by atomic mass is 79.9. The highest BCUT2D eigenvalue weighted by Crippen LogP contribution is 2.31. The van der Waals surface area contributed by atoms with Crippen molar-refractivity contribution in [1.29, 1.82) is 5.26 Å². The highest BCUT2D eigenvalue weighted by Gasteiger charge is 2.09. The van der Waals surface area contributed by atoms with Gasteiger partial charge in [-0.15, -0.1) is 0 Å². The van der Waals surface area contributed by atoms with Crippen LogP contribution in [0, 0.1) is 25.2 Å². The van der Waals surface area contributed by atoms with Crippen molar-refractivity contribution < 1.29 is 4.74 Å². The highest BCUT2D eigenvalue weighted by molar-refractivity contribution is 9.10. The number of benzene rings is 2. The predicted octanol–water partition coefficient (Wildman–Crippen LogP) is 4.31. The summed E-state index contributed by atoms with van der Waals surface area (Å²) in [5, 5.41) is 9.12. The van der Waals surface area contributed by atoms with Gasteiger partial charge in [-0.25, -0.2) is 0 Å². The molecule has 0 heterocycles. The number of nitrogen functional groups attached to an aromatic ring is 1.